The van der Waals surface area contributed by atoms with Gasteiger partial charge in [0.2, 0.25) is 0 Å². The van der Waals surface area contributed by atoms with Gasteiger partial charge in [-0.2, -0.15) is 0 Å². The van der Waals surface area contributed by atoms with Crippen molar-refractivity contribution in [3.8, 4) is 0 Å². The molecule has 0 bridgehead atoms. The number of aryl methyl sites for hydroxylation is 2. The van der Waals surface area contributed by atoms with Gasteiger partial charge in [0.25, 0.3) is 0 Å². The molecule has 18 heavy (non-hydrogen) atoms. The van der Waals surface area contributed by atoms with Gasteiger partial charge in [-0.25, -0.2) is 0 Å². The number of aromatic nitrogens is 1. The number of rotatable bonds is 3. The predicted molar refractivity (Wildman–Crippen MR) is 80.7 cm³/mol. The van der Waals surface area contributed by atoms with E-state index in [0.29, 0.717) is 10.7 Å². The highest BCUT2D eigenvalue weighted by atomic mass is 79.9. The van der Waals surface area contributed by atoms with Gasteiger partial charge < -0.3 is 0 Å². The van der Waals surface area contributed by atoms with E-state index in [1.807, 2.05) is 23.6 Å². The van der Waals surface area contributed by atoms with Gasteiger partial charge in [0, 0.05) is 27.6 Å². The first-order valence-electron chi connectivity index (χ1n) is 6.42. The number of alkyl halides is 1. The Bertz CT molecular complexity index is 513. The first kappa shape index (κ1) is 12.4. The fourth-order valence-corrected chi connectivity index (χ4v) is 4.55. The molecule has 0 amide bonds. The van der Waals surface area contributed by atoms with Crippen LogP contribution in [-0.4, -0.2) is 4.98 Å². The van der Waals surface area contributed by atoms with Crippen LogP contribution in [0.2, 0.25) is 0 Å². The van der Waals surface area contributed by atoms with E-state index in [2.05, 4.69) is 46.0 Å². The molecule has 1 nitrogen and oxygen atoms in total. The van der Waals surface area contributed by atoms with Crippen LogP contribution < -0.4 is 0 Å². The van der Waals surface area contributed by atoms with E-state index in [9.17, 15) is 0 Å². The van der Waals surface area contributed by atoms with Gasteiger partial charge in [-0.15, -0.1) is 11.3 Å². The van der Waals surface area contributed by atoms with Crippen LogP contribution in [0.3, 0.4) is 0 Å². The molecule has 2 heterocycles. The lowest BCUT2D eigenvalue weighted by atomic mass is 10.0. The molecule has 3 rings (SSSR count). The highest BCUT2D eigenvalue weighted by Crippen LogP contribution is 2.43. The van der Waals surface area contributed by atoms with Crippen molar-refractivity contribution in [3.63, 3.8) is 0 Å². The quantitative estimate of drug-likeness (QED) is 0.735. The lowest BCUT2D eigenvalue weighted by Crippen LogP contribution is -2.02. The van der Waals surface area contributed by atoms with Crippen molar-refractivity contribution in [2.24, 2.45) is 0 Å². The standard InChI is InChI=1S/C15H16BrNS/c1-10(12-6-2-3-8-17-12)15(16)14-9-11-5-4-7-13(11)18-14/h2-3,6,8-10,15H,4-5,7H2,1H3. The first-order valence-corrected chi connectivity index (χ1v) is 8.15. The molecule has 2 atom stereocenters. The number of thiophene rings is 1. The van der Waals surface area contributed by atoms with Crippen LogP contribution in [0.1, 0.15) is 45.1 Å². The summed E-state index contributed by atoms with van der Waals surface area (Å²) < 4.78 is 0. The maximum atomic E-state index is 4.46. The summed E-state index contributed by atoms with van der Waals surface area (Å²) in [5.74, 6) is 0.407. The topological polar surface area (TPSA) is 12.9 Å². The summed E-state index contributed by atoms with van der Waals surface area (Å²) >= 11 is 5.84. The van der Waals surface area contributed by atoms with Gasteiger partial charge in [-0.3, -0.25) is 4.98 Å². The summed E-state index contributed by atoms with van der Waals surface area (Å²) in [6.45, 7) is 2.24. The molecule has 1 aliphatic rings. The summed E-state index contributed by atoms with van der Waals surface area (Å²) in [4.78, 5) is 7.90. The Morgan fingerprint density at radius 1 is 1.33 bits per heavy atom. The zero-order valence-electron chi connectivity index (χ0n) is 10.4. The monoisotopic (exact) mass is 321 g/mol. The second-order valence-corrected chi connectivity index (χ2v) is 7.05. The molecule has 0 aliphatic heterocycles. The Labute approximate surface area is 120 Å². The van der Waals surface area contributed by atoms with E-state index in [0.717, 1.165) is 5.69 Å². The van der Waals surface area contributed by atoms with Gasteiger partial charge in [0.05, 0.1) is 4.83 Å². The predicted octanol–water partition coefficient (Wildman–Crippen LogP) is 4.87. The van der Waals surface area contributed by atoms with E-state index in [1.54, 1.807) is 10.4 Å². The van der Waals surface area contributed by atoms with Crippen molar-refractivity contribution >= 4 is 27.3 Å². The molecule has 0 aromatic carbocycles. The molecule has 3 heteroatoms. The second-order valence-electron chi connectivity index (χ2n) is 4.90. The minimum absolute atomic E-state index is 0.378. The lowest BCUT2D eigenvalue weighted by molar-refractivity contribution is 0.732. The van der Waals surface area contributed by atoms with Gasteiger partial charge in [0.1, 0.15) is 0 Å². The van der Waals surface area contributed by atoms with Gasteiger partial charge in [-0.1, -0.05) is 28.9 Å². The number of halogens is 1. The first-order chi connectivity index (χ1) is 8.75. The highest BCUT2D eigenvalue weighted by molar-refractivity contribution is 9.09. The molecule has 1 aliphatic carbocycles. The van der Waals surface area contributed by atoms with Crippen LogP contribution in [0.4, 0.5) is 0 Å². The van der Waals surface area contributed by atoms with Crippen molar-refractivity contribution in [1.82, 2.24) is 4.98 Å². The number of nitrogens with zero attached hydrogens (tertiary/aromatic N) is 1. The van der Waals surface area contributed by atoms with Gasteiger partial charge in [-0.05, 0) is 43.0 Å². The Morgan fingerprint density at radius 3 is 2.94 bits per heavy atom. The van der Waals surface area contributed by atoms with Crippen LogP contribution in [0.5, 0.6) is 0 Å². The van der Waals surface area contributed by atoms with Crippen molar-refractivity contribution in [3.05, 3.63) is 51.5 Å². The molecule has 2 unspecified atom stereocenters. The van der Waals surface area contributed by atoms with E-state index < -0.39 is 0 Å². The Kier molecular flexibility index (Phi) is 3.53. The third-order valence-electron chi connectivity index (χ3n) is 3.63. The molecule has 94 valence electrons. The van der Waals surface area contributed by atoms with Crippen molar-refractivity contribution < 1.29 is 0 Å². The van der Waals surface area contributed by atoms with Crippen LogP contribution in [0.15, 0.2) is 30.5 Å². The smallest absolute Gasteiger partial charge is 0.0570 e. The summed E-state index contributed by atoms with van der Waals surface area (Å²) in [5, 5.41) is 0. The molecule has 2 aromatic rings. The van der Waals surface area contributed by atoms with Crippen molar-refractivity contribution in [2.45, 2.75) is 36.9 Å². The summed E-state index contributed by atoms with van der Waals surface area (Å²) in [5.41, 5.74) is 2.74. The fourth-order valence-electron chi connectivity index (χ4n) is 2.53. The summed E-state index contributed by atoms with van der Waals surface area (Å²) in [7, 11) is 0. The summed E-state index contributed by atoms with van der Waals surface area (Å²) in [6, 6.07) is 8.54. The molecular formula is C15H16BrNS. The van der Waals surface area contributed by atoms with Crippen LogP contribution in [0.25, 0.3) is 0 Å². The van der Waals surface area contributed by atoms with Gasteiger partial charge in [0.15, 0.2) is 0 Å². The minimum Gasteiger partial charge on any atom is -0.261 e. The molecule has 2 aromatic heterocycles. The lowest BCUT2D eigenvalue weighted by Gasteiger charge is -2.16. The van der Waals surface area contributed by atoms with Gasteiger partial charge >= 0.3 is 0 Å². The molecule has 0 radical (unpaired) electrons. The van der Waals surface area contributed by atoms with Crippen LogP contribution >= 0.6 is 27.3 Å². The minimum atomic E-state index is 0.378. The third-order valence-corrected chi connectivity index (χ3v) is 6.54. The van der Waals surface area contributed by atoms with E-state index >= 15 is 0 Å². The average Bonchev–Trinajstić information content (AvgIpc) is 2.99. The number of pyridine rings is 1. The largest absolute Gasteiger partial charge is 0.261 e. The maximum absolute atomic E-state index is 4.46. The Hall–Kier alpha value is -0.670. The average molecular weight is 322 g/mol. The second kappa shape index (κ2) is 5.14. The van der Waals surface area contributed by atoms with E-state index in [-0.39, 0.29) is 0 Å². The van der Waals surface area contributed by atoms with E-state index in [1.165, 1.54) is 24.1 Å². The molecule has 0 saturated carbocycles. The summed E-state index contributed by atoms with van der Waals surface area (Å²) in [6.07, 6.45) is 5.76. The maximum Gasteiger partial charge on any atom is 0.0570 e. The van der Waals surface area contributed by atoms with E-state index in [4.69, 9.17) is 0 Å². The molecule has 0 spiro atoms. The number of fused-ring (bicyclic) bond motifs is 1. The Balaban J connectivity index is 1.83. The molecule has 0 N–H and O–H groups in total. The molecule has 0 saturated heterocycles. The van der Waals surface area contributed by atoms with Crippen LogP contribution in [-0.2, 0) is 12.8 Å². The van der Waals surface area contributed by atoms with Crippen molar-refractivity contribution in [1.29, 1.82) is 0 Å². The molecular weight excluding hydrogens is 306 g/mol. The number of hydrogen-bond donors (Lipinski definition) is 0. The third kappa shape index (κ3) is 2.26. The SMILES string of the molecule is CC(c1ccccn1)C(Br)c1cc2c(s1)CCC2. The molecule has 0 fully saturated rings. The fraction of sp³-hybridized carbons (Fsp3) is 0.400. The Morgan fingerprint density at radius 2 is 2.22 bits per heavy atom. The van der Waals surface area contributed by atoms with Crippen molar-refractivity contribution in [2.75, 3.05) is 0 Å². The highest BCUT2D eigenvalue weighted by Gasteiger charge is 2.23. The zero-order chi connectivity index (χ0) is 12.5. The number of hydrogen-bond acceptors (Lipinski definition) is 2. The zero-order valence-corrected chi connectivity index (χ0v) is 12.8. The normalized spacial score (nSPS) is 17.4. The van der Waals surface area contributed by atoms with Crippen LogP contribution in [0, 0.1) is 0 Å².